The summed E-state index contributed by atoms with van der Waals surface area (Å²) in [5.74, 6) is 0. The van der Waals surface area contributed by atoms with Gasteiger partial charge in [0.25, 0.3) is 0 Å². The highest BCUT2D eigenvalue weighted by atomic mass is 32.1. The molecule has 4 nitrogen and oxygen atoms in total. The summed E-state index contributed by atoms with van der Waals surface area (Å²) in [5.41, 5.74) is 7.51. The van der Waals surface area contributed by atoms with E-state index in [9.17, 15) is 0 Å². The Balaban J connectivity index is 2.38. The lowest BCUT2D eigenvalue weighted by Gasteiger charge is -1.99. The molecule has 0 aliphatic heterocycles. The minimum atomic E-state index is 0.497. The molecule has 0 atom stereocenters. The Bertz CT molecular complexity index is 418. The predicted molar refractivity (Wildman–Crippen MR) is 56.9 cm³/mol. The van der Waals surface area contributed by atoms with E-state index in [0.29, 0.717) is 6.54 Å². The van der Waals surface area contributed by atoms with Gasteiger partial charge in [-0.2, -0.15) is 5.10 Å². The smallest absolute Gasteiger partial charge is 0.141 e. The molecule has 0 fully saturated rings. The molecule has 2 rings (SSSR count). The number of aromatic nitrogens is 3. The van der Waals surface area contributed by atoms with Crippen LogP contribution in [0.5, 0.6) is 0 Å². The molecule has 0 unspecified atom stereocenters. The standard InChI is InChI=1S/C9H12N4S/c1-2-13-8(3-4-11-13)9-12-7(5-10)6-14-9/h3-4,6H,2,5,10H2,1H3. The zero-order chi connectivity index (χ0) is 9.97. The fourth-order valence-electron chi connectivity index (χ4n) is 1.28. The maximum atomic E-state index is 5.51. The number of rotatable bonds is 3. The Labute approximate surface area is 86.4 Å². The van der Waals surface area contributed by atoms with Crippen molar-refractivity contribution in [1.82, 2.24) is 14.8 Å². The van der Waals surface area contributed by atoms with E-state index >= 15 is 0 Å². The van der Waals surface area contributed by atoms with Crippen molar-refractivity contribution < 1.29 is 0 Å². The predicted octanol–water partition coefficient (Wildman–Crippen LogP) is 1.49. The first kappa shape index (κ1) is 9.36. The maximum Gasteiger partial charge on any atom is 0.141 e. The molecule has 0 aromatic carbocycles. The summed E-state index contributed by atoms with van der Waals surface area (Å²) in [7, 11) is 0. The highest BCUT2D eigenvalue weighted by Crippen LogP contribution is 2.22. The van der Waals surface area contributed by atoms with Gasteiger partial charge in [0.05, 0.1) is 11.4 Å². The lowest BCUT2D eigenvalue weighted by atomic mass is 10.4. The molecular weight excluding hydrogens is 196 g/mol. The molecule has 74 valence electrons. The van der Waals surface area contributed by atoms with E-state index < -0.39 is 0 Å². The molecule has 0 aliphatic carbocycles. The molecular formula is C9H12N4S. The number of nitrogens with two attached hydrogens (primary N) is 1. The number of thiazole rings is 1. The topological polar surface area (TPSA) is 56.7 Å². The van der Waals surface area contributed by atoms with Gasteiger partial charge < -0.3 is 5.73 Å². The second kappa shape index (κ2) is 3.89. The SMILES string of the molecule is CCn1nccc1-c1nc(CN)cs1. The molecule has 5 heteroatoms. The van der Waals surface area contributed by atoms with Gasteiger partial charge in [0.1, 0.15) is 5.01 Å². The Morgan fingerprint density at radius 2 is 2.43 bits per heavy atom. The summed E-state index contributed by atoms with van der Waals surface area (Å²) in [6.45, 7) is 3.42. The van der Waals surface area contributed by atoms with E-state index in [0.717, 1.165) is 22.9 Å². The van der Waals surface area contributed by atoms with Gasteiger partial charge in [-0.25, -0.2) is 4.98 Å². The molecule has 2 heterocycles. The molecule has 0 amide bonds. The lowest BCUT2D eigenvalue weighted by Crippen LogP contribution is -1.99. The highest BCUT2D eigenvalue weighted by Gasteiger charge is 2.07. The summed E-state index contributed by atoms with van der Waals surface area (Å²) < 4.78 is 1.93. The fraction of sp³-hybridized carbons (Fsp3) is 0.333. The van der Waals surface area contributed by atoms with Crippen LogP contribution in [0.1, 0.15) is 12.6 Å². The van der Waals surface area contributed by atoms with Crippen LogP contribution in [0.4, 0.5) is 0 Å². The van der Waals surface area contributed by atoms with Gasteiger partial charge in [-0.3, -0.25) is 4.68 Å². The van der Waals surface area contributed by atoms with E-state index in [4.69, 9.17) is 5.73 Å². The minimum Gasteiger partial charge on any atom is -0.325 e. The Hall–Kier alpha value is -1.20. The molecule has 2 N–H and O–H groups in total. The van der Waals surface area contributed by atoms with Crippen molar-refractivity contribution in [3.05, 3.63) is 23.3 Å². The summed E-state index contributed by atoms with van der Waals surface area (Å²) in [6.07, 6.45) is 1.79. The molecule has 2 aromatic rings. The zero-order valence-electron chi connectivity index (χ0n) is 7.97. The van der Waals surface area contributed by atoms with Crippen LogP contribution in [0.25, 0.3) is 10.7 Å². The van der Waals surface area contributed by atoms with Gasteiger partial charge in [0, 0.05) is 24.7 Å². The van der Waals surface area contributed by atoms with Gasteiger partial charge in [0.2, 0.25) is 0 Å². The first-order chi connectivity index (χ1) is 6.85. The van der Waals surface area contributed by atoms with E-state index in [1.807, 2.05) is 16.1 Å². The Kier molecular flexibility index (Phi) is 2.60. The van der Waals surface area contributed by atoms with Gasteiger partial charge in [-0.05, 0) is 13.0 Å². The number of aryl methyl sites for hydroxylation is 1. The number of nitrogens with zero attached hydrogens (tertiary/aromatic N) is 3. The van der Waals surface area contributed by atoms with Crippen LogP contribution >= 0.6 is 11.3 Å². The van der Waals surface area contributed by atoms with Crippen molar-refractivity contribution in [1.29, 1.82) is 0 Å². The average molecular weight is 208 g/mol. The molecule has 0 spiro atoms. The van der Waals surface area contributed by atoms with E-state index in [-0.39, 0.29) is 0 Å². The van der Waals surface area contributed by atoms with Crippen LogP contribution in [0, 0.1) is 0 Å². The third-order valence-electron chi connectivity index (χ3n) is 2.00. The number of hydrogen-bond acceptors (Lipinski definition) is 4. The quantitative estimate of drug-likeness (QED) is 0.831. The summed E-state index contributed by atoms with van der Waals surface area (Å²) >= 11 is 1.61. The summed E-state index contributed by atoms with van der Waals surface area (Å²) in [4.78, 5) is 4.41. The minimum absolute atomic E-state index is 0.497. The van der Waals surface area contributed by atoms with Crippen LogP contribution in [-0.4, -0.2) is 14.8 Å². The van der Waals surface area contributed by atoms with Crippen LogP contribution in [0.15, 0.2) is 17.6 Å². The van der Waals surface area contributed by atoms with E-state index in [1.54, 1.807) is 17.5 Å². The average Bonchev–Trinajstić information content (AvgIpc) is 2.85. The van der Waals surface area contributed by atoms with Crippen molar-refractivity contribution in [3.8, 4) is 10.7 Å². The molecule has 0 aliphatic rings. The van der Waals surface area contributed by atoms with Crippen LogP contribution < -0.4 is 5.73 Å². The molecule has 2 aromatic heterocycles. The Morgan fingerprint density at radius 3 is 3.07 bits per heavy atom. The molecule has 0 saturated heterocycles. The van der Waals surface area contributed by atoms with E-state index in [1.165, 1.54) is 0 Å². The third-order valence-corrected chi connectivity index (χ3v) is 2.91. The molecule has 0 saturated carbocycles. The largest absolute Gasteiger partial charge is 0.325 e. The zero-order valence-corrected chi connectivity index (χ0v) is 8.79. The molecule has 0 bridgehead atoms. The van der Waals surface area contributed by atoms with Crippen LogP contribution in [0.3, 0.4) is 0 Å². The van der Waals surface area contributed by atoms with Crippen molar-refractivity contribution >= 4 is 11.3 Å². The second-order valence-corrected chi connectivity index (χ2v) is 3.74. The van der Waals surface area contributed by atoms with Crippen LogP contribution in [-0.2, 0) is 13.1 Å². The first-order valence-corrected chi connectivity index (χ1v) is 5.39. The Morgan fingerprint density at radius 1 is 1.57 bits per heavy atom. The summed E-state index contributed by atoms with van der Waals surface area (Å²) in [6, 6.07) is 1.97. The van der Waals surface area contributed by atoms with Gasteiger partial charge in [0.15, 0.2) is 0 Å². The van der Waals surface area contributed by atoms with Gasteiger partial charge >= 0.3 is 0 Å². The molecule has 14 heavy (non-hydrogen) atoms. The third kappa shape index (κ3) is 1.56. The second-order valence-electron chi connectivity index (χ2n) is 2.88. The van der Waals surface area contributed by atoms with Crippen molar-refractivity contribution in [2.24, 2.45) is 5.73 Å². The van der Waals surface area contributed by atoms with E-state index in [2.05, 4.69) is 17.0 Å². The first-order valence-electron chi connectivity index (χ1n) is 4.51. The van der Waals surface area contributed by atoms with Gasteiger partial charge in [-0.1, -0.05) is 0 Å². The molecule has 0 radical (unpaired) electrons. The van der Waals surface area contributed by atoms with Crippen molar-refractivity contribution in [2.75, 3.05) is 0 Å². The van der Waals surface area contributed by atoms with Crippen molar-refractivity contribution in [2.45, 2.75) is 20.0 Å². The highest BCUT2D eigenvalue weighted by molar-refractivity contribution is 7.13. The summed E-state index contributed by atoms with van der Waals surface area (Å²) in [5, 5.41) is 7.18. The monoisotopic (exact) mass is 208 g/mol. The van der Waals surface area contributed by atoms with Crippen LogP contribution in [0.2, 0.25) is 0 Å². The van der Waals surface area contributed by atoms with Gasteiger partial charge in [-0.15, -0.1) is 11.3 Å². The van der Waals surface area contributed by atoms with Crippen molar-refractivity contribution in [3.63, 3.8) is 0 Å². The number of hydrogen-bond donors (Lipinski definition) is 1. The fourth-order valence-corrected chi connectivity index (χ4v) is 2.15. The normalized spacial score (nSPS) is 10.7. The maximum absolute atomic E-state index is 5.51. The lowest BCUT2D eigenvalue weighted by molar-refractivity contribution is 0.666.